The van der Waals surface area contributed by atoms with Crippen LogP contribution >= 0.6 is 11.6 Å². The Labute approximate surface area is 194 Å². The van der Waals surface area contributed by atoms with E-state index in [1.165, 1.54) is 18.4 Å². The molecule has 1 saturated heterocycles. The molecule has 0 unspecified atom stereocenters. The quantitative estimate of drug-likeness (QED) is 0.599. The van der Waals surface area contributed by atoms with Crippen LogP contribution in [0.5, 0.6) is 6.01 Å². The van der Waals surface area contributed by atoms with Gasteiger partial charge < -0.3 is 15.4 Å². The Morgan fingerprint density at radius 2 is 1.88 bits per heavy atom. The lowest BCUT2D eigenvalue weighted by Gasteiger charge is -2.23. The summed E-state index contributed by atoms with van der Waals surface area (Å²) in [5.74, 6) is 0.848. The fourth-order valence-electron chi connectivity index (χ4n) is 4.15. The lowest BCUT2D eigenvalue weighted by molar-refractivity contribution is -0.114. The van der Waals surface area contributed by atoms with E-state index in [2.05, 4.69) is 27.9 Å². The van der Waals surface area contributed by atoms with E-state index in [0.29, 0.717) is 29.6 Å². The van der Waals surface area contributed by atoms with Crippen molar-refractivity contribution in [3.63, 3.8) is 0 Å². The third-order valence-corrected chi connectivity index (χ3v) is 5.98. The van der Waals surface area contributed by atoms with Crippen molar-refractivity contribution in [1.29, 1.82) is 0 Å². The summed E-state index contributed by atoms with van der Waals surface area (Å²) in [6, 6.07) is 6.40. The number of likely N-dealkylation sites (tertiary alicyclic amines) is 1. The standard InChI is InChI=1S/C24H30ClN5O2/c1-2-3-10-32-24-27-22(26)21-14-20(31)6-9-30(23(21)28-24)16-18-11-17(12-19(25)13-18)15-29-7-4-5-8-29/h6,9,11-13H,2-5,7-8,10,14-16H2,1H3,(H2,26,27,28). The molecule has 7 nitrogen and oxygen atoms in total. The topological polar surface area (TPSA) is 84.6 Å². The fourth-order valence-corrected chi connectivity index (χ4v) is 4.43. The summed E-state index contributed by atoms with van der Waals surface area (Å²) in [6.45, 7) is 6.28. The van der Waals surface area contributed by atoms with Crippen LogP contribution < -0.4 is 15.4 Å². The third kappa shape index (κ3) is 5.58. The molecular formula is C24H30ClN5O2. The molecule has 2 aromatic rings. The minimum absolute atomic E-state index is 0.0375. The van der Waals surface area contributed by atoms with Gasteiger partial charge in [0.05, 0.1) is 6.61 Å². The number of rotatable bonds is 8. The first-order valence-corrected chi connectivity index (χ1v) is 11.7. The highest BCUT2D eigenvalue weighted by atomic mass is 35.5. The van der Waals surface area contributed by atoms with Crippen LogP contribution in [0.2, 0.25) is 5.02 Å². The van der Waals surface area contributed by atoms with Crippen molar-refractivity contribution in [3.05, 3.63) is 52.2 Å². The lowest BCUT2D eigenvalue weighted by atomic mass is 10.1. The van der Waals surface area contributed by atoms with Gasteiger partial charge in [-0.25, -0.2) is 0 Å². The molecule has 0 spiro atoms. The van der Waals surface area contributed by atoms with Crippen LogP contribution in [-0.2, 0) is 24.3 Å². The molecule has 1 aromatic carbocycles. The normalized spacial score (nSPS) is 16.3. The molecule has 8 heteroatoms. The minimum atomic E-state index is -0.0375. The van der Waals surface area contributed by atoms with Crippen LogP contribution in [0.25, 0.3) is 0 Å². The second-order valence-corrected chi connectivity index (χ2v) is 8.87. The Hall–Kier alpha value is -2.64. The number of fused-ring (bicyclic) bond motifs is 1. The Kier molecular flexibility index (Phi) is 7.27. The number of nitrogens with two attached hydrogens (primary N) is 1. The van der Waals surface area contributed by atoms with Gasteiger partial charge in [-0.05, 0) is 61.7 Å². The molecule has 32 heavy (non-hydrogen) atoms. The number of benzene rings is 1. The summed E-state index contributed by atoms with van der Waals surface area (Å²) >= 11 is 6.46. The van der Waals surface area contributed by atoms with Crippen molar-refractivity contribution >= 4 is 29.0 Å². The van der Waals surface area contributed by atoms with Crippen molar-refractivity contribution in [1.82, 2.24) is 14.9 Å². The molecule has 0 bridgehead atoms. The fraction of sp³-hybridized carbons (Fsp3) is 0.458. The van der Waals surface area contributed by atoms with Crippen molar-refractivity contribution < 1.29 is 9.53 Å². The molecular weight excluding hydrogens is 426 g/mol. The smallest absolute Gasteiger partial charge is 0.320 e. The van der Waals surface area contributed by atoms with Crippen LogP contribution in [0.1, 0.15) is 49.3 Å². The van der Waals surface area contributed by atoms with Gasteiger partial charge in [-0.1, -0.05) is 31.0 Å². The maximum absolute atomic E-state index is 12.3. The highest BCUT2D eigenvalue weighted by molar-refractivity contribution is 6.30. The predicted molar refractivity (Wildman–Crippen MR) is 127 cm³/mol. The first-order valence-electron chi connectivity index (χ1n) is 11.3. The molecule has 3 heterocycles. The van der Waals surface area contributed by atoms with E-state index in [0.717, 1.165) is 38.0 Å². The summed E-state index contributed by atoms with van der Waals surface area (Å²) in [4.78, 5) is 25.6. The monoisotopic (exact) mass is 455 g/mol. The average molecular weight is 456 g/mol. The second kappa shape index (κ2) is 10.3. The zero-order valence-corrected chi connectivity index (χ0v) is 19.3. The van der Waals surface area contributed by atoms with Crippen molar-refractivity contribution in [2.75, 3.05) is 30.3 Å². The maximum Gasteiger partial charge on any atom is 0.320 e. The van der Waals surface area contributed by atoms with Gasteiger partial charge in [0.2, 0.25) is 0 Å². The van der Waals surface area contributed by atoms with Crippen molar-refractivity contribution in [2.24, 2.45) is 0 Å². The summed E-state index contributed by atoms with van der Waals surface area (Å²) in [5.41, 5.74) is 9.07. The molecule has 2 aliphatic heterocycles. The largest absolute Gasteiger partial charge is 0.463 e. The zero-order valence-electron chi connectivity index (χ0n) is 18.5. The number of halogens is 1. The molecule has 0 atom stereocenters. The first-order chi connectivity index (χ1) is 15.5. The van der Waals surface area contributed by atoms with Gasteiger partial charge in [0.15, 0.2) is 5.78 Å². The van der Waals surface area contributed by atoms with Gasteiger partial charge in [0.25, 0.3) is 0 Å². The van der Waals surface area contributed by atoms with Gasteiger partial charge in [0, 0.05) is 36.3 Å². The Bertz CT molecular complexity index is 1000. The molecule has 2 N–H and O–H groups in total. The number of ketones is 1. The highest BCUT2D eigenvalue weighted by Crippen LogP contribution is 2.30. The number of aromatic nitrogens is 2. The minimum Gasteiger partial charge on any atom is -0.463 e. The molecule has 0 aliphatic carbocycles. The van der Waals surface area contributed by atoms with Crippen LogP contribution in [-0.4, -0.2) is 40.3 Å². The summed E-state index contributed by atoms with van der Waals surface area (Å²) in [5, 5.41) is 0.706. The van der Waals surface area contributed by atoms with Crippen LogP contribution in [0.4, 0.5) is 11.6 Å². The van der Waals surface area contributed by atoms with Gasteiger partial charge in [-0.3, -0.25) is 9.69 Å². The molecule has 0 saturated carbocycles. The number of hydrogen-bond donors (Lipinski definition) is 1. The van der Waals surface area contributed by atoms with Gasteiger partial charge in [-0.2, -0.15) is 9.97 Å². The zero-order chi connectivity index (χ0) is 22.5. The van der Waals surface area contributed by atoms with Crippen LogP contribution in [0.15, 0.2) is 30.5 Å². The highest BCUT2D eigenvalue weighted by Gasteiger charge is 2.23. The van der Waals surface area contributed by atoms with Crippen molar-refractivity contribution in [3.8, 4) is 6.01 Å². The van der Waals surface area contributed by atoms with Crippen LogP contribution in [0, 0.1) is 0 Å². The molecule has 2 aliphatic rings. The van der Waals surface area contributed by atoms with Gasteiger partial charge in [0.1, 0.15) is 11.6 Å². The van der Waals surface area contributed by atoms with E-state index in [1.807, 2.05) is 17.0 Å². The number of nitrogens with zero attached hydrogens (tertiary/aromatic N) is 4. The number of nitrogen functional groups attached to an aromatic ring is 1. The van der Waals surface area contributed by atoms with Gasteiger partial charge in [-0.15, -0.1) is 0 Å². The number of hydrogen-bond acceptors (Lipinski definition) is 7. The summed E-state index contributed by atoms with van der Waals surface area (Å²) in [6.07, 6.45) is 7.91. The van der Waals surface area contributed by atoms with E-state index < -0.39 is 0 Å². The van der Waals surface area contributed by atoms with E-state index >= 15 is 0 Å². The van der Waals surface area contributed by atoms with Gasteiger partial charge >= 0.3 is 6.01 Å². The average Bonchev–Trinajstić information content (AvgIpc) is 3.20. The number of carbonyl (C=O) groups excluding carboxylic acids is 1. The molecule has 0 amide bonds. The van der Waals surface area contributed by atoms with E-state index in [4.69, 9.17) is 22.1 Å². The van der Waals surface area contributed by atoms with Crippen LogP contribution in [0.3, 0.4) is 0 Å². The van der Waals surface area contributed by atoms with E-state index in [1.54, 1.807) is 12.3 Å². The van der Waals surface area contributed by atoms with Crippen molar-refractivity contribution in [2.45, 2.75) is 52.1 Å². The Morgan fingerprint density at radius 1 is 1.12 bits per heavy atom. The lowest BCUT2D eigenvalue weighted by Crippen LogP contribution is -2.21. The second-order valence-electron chi connectivity index (χ2n) is 8.43. The van der Waals surface area contributed by atoms with E-state index in [-0.39, 0.29) is 24.0 Å². The SMILES string of the molecule is CCCCOc1nc(N)c2c(n1)N(Cc1cc(Cl)cc(CN3CCCC3)c1)C=CC(=O)C2. The Balaban J connectivity index is 1.61. The molecule has 1 aromatic heterocycles. The summed E-state index contributed by atoms with van der Waals surface area (Å²) < 4.78 is 5.71. The number of anilines is 2. The predicted octanol–water partition coefficient (Wildman–Crippen LogP) is 4.13. The molecule has 1 fully saturated rings. The third-order valence-electron chi connectivity index (χ3n) is 5.76. The number of unbranched alkanes of at least 4 members (excludes halogenated alkanes) is 1. The number of allylic oxidation sites excluding steroid dienone is 1. The first kappa shape index (κ1) is 22.6. The summed E-state index contributed by atoms with van der Waals surface area (Å²) in [7, 11) is 0. The molecule has 0 radical (unpaired) electrons. The number of carbonyl (C=O) groups is 1. The molecule has 4 rings (SSSR count). The Morgan fingerprint density at radius 3 is 2.62 bits per heavy atom. The number of ether oxygens (including phenoxy) is 1. The van der Waals surface area contributed by atoms with E-state index in [9.17, 15) is 4.79 Å². The maximum atomic E-state index is 12.3. The molecule has 170 valence electrons.